The zero-order valence-corrected chi connectivity index (χ0v) is 51.5. The molecule has 0 spiro atoms. The molecule has 0 heterocycles. The molecule has 2 atom stereocenters. The smallest absolute Gasteiger partial charge is 0.460 e. The Hall–Kier alpha value is -3.04. The second-order valence-corrected chi connectivity index (χ2v) is 30.9. The minimum Gasteiger partial charge on any atom is -0.743 e. The number of benzene rings is 4. The first kappa shape index (κ1) is 73.2. The Bertz CT molecular complexity index is 2800. The van der Waals surface area contributed by atoms with Crippen molar-refractivity contribution in [3.8, 4) is 0 Å². The summed E-state index contributed by atoms with van der Waals surface area (Å²) in [6, 6.07) is 38.3. The Morgan fingerprint density at radius 1 is 0.524 bits per heavy atom. The van der Waals surface area contributed by atoms with Crippen molar-refractivity contribution in [2.75, 3.05) is 5.75 Å². The van der Waals surface area contributed by atoms with Crippen molar-refractivity contribution < 1.29 is 149 Å². The molecule has 2 fully saturated rings. The molecule has 0 saturated heterocycles. The Morgan fingerprint density at radius 2 is 0.841 bits per heavy atom. The highest BCUT2D eigenvalue weighted by molar-refractivity contribution is 7.94. The van der Waals surface area contributed by atoms with Crippen LogP contribution in [0.1, 0.15) is 112 Å². The van der Waals surface area contributed by atoms with Gasteiger partial charge in [0.15, 0.2) is 24.4 Å². The summed E-state index contributed by atoms with van der Waals surface area (Å²) in [7, 11) is -8.14. The molecule has 7 nitrogen and oxygen atoms in total. The molecular formula is C54H59F17I2O7S2. The van der Waals surface area contributed by atoms with Crippen molar-refractivity contribution in [3.05, 3.63) is 134 Å². The molecule has 462 valence electrons. The fourth-order valence-electron chi connectivity index (χ4n) is 8.33. The Balaban J connectivity index is 0.000000295. The van der Waals surface area contributed by atoms with Crippen LogP contribution in [0.25, 0.3) is 0 Å². The van der Waals surface area contributed by atoms with E-state index in [0.717, 1.165) is 24.9 Å². The maximum absolute atomic E-state index is 13.0. The maximum Gasteiger partial charge on any atom is 0.460 e. The van der Waals surface area contributed by atoms with Gasteiger partial charge in [-0.05, 0) is 106 Å². The molecular weight excluding hydrogens is 1400 g/mol. The van der Waals surface area contributed by atoms with Crippen molar-refractivity contribution in [3.63, 3.8) is 0 Å². The summed E-state index contributed by atoms with van der Waals surface area (Å²) in [6.45, 7) is 24.7. The van der Waals surface area contributed by atoms with Gasteiger partial charge in [-0.1, -0.05) is 131 Å². The van der Waals surface area contributed by atoms with Gasteiger partial charge < -0.3 is 9.81 Å². The minimum absolute atomic E-state index is 0.0208. The van der Waals surface area contributed by atoms with Gasteiger partial charge in [0.25, 0.3) is 0 Å². The van der Waals surface area contributed by atoms with Gasteiger partial charge in [0.2, 0.25) is 0 Å². The molecule has 2 aliphatic rings. The van der Waals surface area contributed by atoms with Gasteiger partial charge in [-0.3, -0.25) is 9.83 Å². The van der Waals surface area contributed by atoms with Crippen LogP contribution in [0, 0.1) is 31.0 Å². The second kappa shape index (κ2) is 25.7. The molecule has 4 aromatic rings. The molecule has 0 aromatic heterocycles. The molecule has 2 aliphatic carbocycles. The predicted molar refractivity (Wildman–Crippen MR) is 260 cm³/mol. The molecule has 0 radical (unpaired) electrons. The third kappa shape index (κ3) is 15.4. The highest BCUT2D eigenvalue weighted by Gasteiger charge is 2.95. The molecule has 28 heteroatoms. The summed E-state index contributed by atoms with van der Waals surface area (Å²) in [5, 5.41) is 5.08. The molecule has 2 unspecified atom stereocenters. The number of halogens is 19. The van der Waals surface area contributed by atoms with Crippen LogP contribution in [-0.4, -0.2) is 71.5 Å². The molecule has 6 rings (SSSR count). The van der Waals surface area contributed by atoms with E-state index >= 15 is 0 Å². The summed E-state index contributed by atoms with van der Waals surface area (Å²) in [5.74, 6) is -50.8. The van der Waals surface area contributed by atoms with Crippen LogP contribution in [0.4, 0.5) is 74.6 Å². The number of carbonyl (C=O) groups excluding carboxylic acids is 1. The van der Waals surface area contributed by atoms with E-state index in [2.05, 4.69) is 189 Å². The van der Waals surface area contributed by atoms with Crippen molar-refractivity contribution in [2.24, 2.45) is 16.7 Å². The number of carbonyl (C=O) groups is 1. The SMILES string of the molecule is CC(C)(C)c1ccc([I+]c2ccc(C(C)(C)C)cc2)cc1.CC(C)(C)c1ccc([I+]c2ccccc2)cc1.CC1(C)C2CCC1(CSOO[O-])C(=O)C2.O=S(=O)([O-])C(F)(F)C(F)(F)C(F)(F)C(F)(F)C(F)(F)C(F)(F)C(F)(F)C(F)(F)F. The lowest BCUT2D eigenvalue weighted by Gasteiger charge is -2.42. The number of fused-ring (bicyclic) bond motifs is 2. The first-order chi connectivity index (χ1) is 36.8. The number of alkyl halides is 17. The van der Waals surface area contributed by atoms with Crippen molar-refractivity contribution in [1.29, 1.82) is 0 Å². The van der Waals surface area contributed by atoms with E-state index in [1.165, 1.54) is 31.0 Å². The highest BCUT2D eigenvalue weighted by atomic mass is 127. The van der Waals surface area contributed by atoms with Crippen LogP contribution in [0.3, 0.4) is 0 Å². The van der Waals surface area contributed by atoms with E-state index in [4.69, 9.17) is 0 Å². The van der Waals surface area contributed by atoms with Gasteiger partial charge in [0.05, 0.1) is 0 Å². The van der Waals surface area contributed by atoms with Crippen molar-refractivity contribution in [2.45, 2.75) is 159 Å². The van der Waals surface area contributed by atoms with E-state index in [1.54, 1.807) is 0 Å². The number of Topliss-reactive ketones (excluding diaryl/α,β-unsaturated/α-hetero) is 1. The van der Waals surface area contributed by atoms with Gasteiger partial charge in [0.1, 0.15) is 5.78 Å². The summed E-state index contributed by atoms with van der Waals surface area (Å²) < 4.78 is 254. The van der Waals surface area contributed by atoms with Gasteiger partial charge in [-0.15, -0.1) is 0 Å². The maximum atomic E-state index is 13.0. The van der Waals surface area contributed by atoms with E-state index < -0.39 is 57.1 Å². The Kier molecular flexibility index (Phi) is 23.0. The fraction of sp³-hybridized carbons (Fsp3) is 0.537. The topological polar surface area (TPSA) is 116 Å². The molecule has 0 aliphatic heterocycles. The zero-order chi connectivity index (χ0) is 63.6. The summed E-state index contributed by atoms with van der Waals surface area (Å²) in [5.41, 5.74) is 4.71. The van der Waals surface area contributed by atoms with E-state index in [9.17, 15) is 97.7 Å². The average Bonchev–Trinajstić information content (AvgIpc) is 3.83. The van der Waals surface area contributed by atoms with E-state index in [-0.39, 0.29) is 69.5 Å². The van der Waals surface area contributed by atoms with E-state index in [0.29, 0.717) is 23.9 Å². The highest BCUT2D eigenvalue weighted by Crippen LogP contribution is 2.66. The fourth-order valence-corrected chi connectivity index (χ4v) is 14.1. The third-order valence-corrected chi connectivity index (χ3v) is 20.8. The Morgan fingerprint density at radius 3 is 1.11 bits per heavy atom. The number of hydrogen-bond acceptors (Lipinski definition) is 8. The van der Waals surface area contributed by atoms with Gasteiger partial charge >= 0.3 is 89.4 Å². The molecule has 82 heavy (non-hydrogen) atoms. The number of ketones is 1. The van der Waals surface area contributed by atoms with Crippen LogP contribution >= 0.6 is 12.0 Å². The first-order valence-electron chi connectivity index (χ1n) is 24.2. The van der Waals surface area contributed by atoms with Crippen LogP contribution in [0.15, 0.2) is 103 Å². The number of rotatable bonds is 15. The lowest BCUT2D eigenvalue weighted by molar-refractivity contribution is -0.777. The summed E-state index contributed by atoms with van der Waals surface area (Å²) in [6.07, 6.45) is -5.18. The summed E-state index contributed by atoms with van der Waals surface area (Å²) >= 11 is 0.860. The average molecular weight is 1460 g/mol. The molecule has 0 amide bonds. The third-order valence-electron chi connectivity index (χ3n) is 13.8. The van der Waals surface area contributed by atoms with Crippen LogP contribution in [0.5, 0.6) is 0 Å². The molecule has 4 aromatic carbocycles. The summed E-state index contributed by atoms with van der Waals surface area (Å²) in [4.78, 5) is 12.0. The normalized spacial score (nSPS) is 18.4. The Labute approximate surface area is 489 Å². The largest absolute Gasteiger partial charge is 0.743 e. The lowest BCUT2D eigenvalue weighted by atomic mass is 9.70. The first-order valence-corrected chi connectivity index (χ1v) is 30.8. The predicted octanol–water partition coefficient (Wildman–Crippen LogP) is 9.27. The molecule has 0 N–H and O–H groups in total. The van der Waals surface area contributed by atoms with Gasteiger partial charge in [-0.25, -0.2) is 8.42 Å². The van der Waals surface area contributed by atoms with Crippen LogP contribution in [0.2, 0.25) is 0 Å². The van der Waals surface area contributed by atoms with Crippen molar-refractivity contribution >= 4 is 27.9 Å². The minimum atomic E-state index is -8.92. The van der Waals surface area contributed by atoms with E-state index in [1.807, 2.05) is 0 Å². The second-order valence-electron chi connectivity index (χ2n) is 22.7. The zero-order valence-electron chi connectivity index (χ0n) is 45.6. The van der Waals surface area contributed by atoms with Gasteiger partial charge in [0, 0.05) is 29.6 Å². The monoisotopic (exact) mass is 1460 g/mol. The van der Waals surface area contributed by atoms with Gasteiger partial charge in [-0.2, -0.15) is 79.0 Å². The molecule has 2 bridgehead atoms. The number of hydrogen-bond donors (Lipinski definition) is 0. The van der Waals surface area contributed by atoms with Crippen LogP contribution in [-0.2, 0) is 40.5 Å². The quantitative estimate of drug-likeness (QED) is 0.0220. The van der Waals surface area contributed by atoms with Crippen LogP contribution < -0.4 is 47.7 Å². The standard InChI is InChI=1S/C20H26I.C16H18I.C10H16O4S.C8HF17O3S/c1-19(2,3)15-7-11-17(12-8-15)21-18-13-9-16(10-14-18)20(4,5)6;1-16(2,3)13-9-11-15(12-10-13)17-14-7-5-4-6-8-14;1-9(2)7-3-4-10(9,8(11)5-7)6-15-14-13-12;9-1(10,3(13,14)5(17,18)7(21,22)23)2(11,12)4(15,16)6(19,20)8(24,25)29(26,27)28/h7-14H,1-6H3;4-12H,1-3H3;7,12H,3-6H2,1-2H3;(H,26,27,28)/q2*+1;;/p-2. The van der Waals surface area contributed by atoms with Crippen molar-refractivity contribution in [1.82, 2.24) is 0 Å². The molecule has 2 saturated carbocycles. The lowest BCUT2D eigenvalue weighted by Crippen LogP contribution is -3.61.